The number of carboxylic acid groups (broad SMARTS) is 1. The van der Waals surface area contributed by atoms with Gasteiger partial charge < -0.3 is 19.6 Å². The van der Waals surface area contributed by atoms with Crippen LogP contribution in [0.1, 0.15) is 31.4 Å². The van der Waals surface area contributed by atoms with Crippen molar-refractivity contribution >= 4 is 17.8 Å². The second-order valence-electron chi connectivity index (χ2n) is 8.61. The van der Waals surface area contributed by atoms with Crippen LogP contribution in [0, 0.1) is 11.3 Å². The van der Waals surface area contributed by atoms with Gasteiger partial charge in [0.05, 0.1) is 19.6 Å². The molecule has 4 rings (SSSR count). The van der Waals surface area contributed by atoms with Crippen LogP contribution >= 0.6 is 0 Å². The highest BCUT2D eigenvalue weighted by atomic mass is 19.4. The van der Waals surface area contributed by atoms with Crippen LogP contribution in [0.3, 0.4) is 0 Å². The minimum Gasteiger partial charge on any atom is -0.475 e. The van der Waals surface area contributed by atoms with Crippen molar-refractivity contribution in [3.05, 3.63) is 30.1 Å². The van der Waals surface area contributed by atoms with Gasteiger partial charge in [-0.1, -0.05) is 12.5 Å². The quantitative estimate of drug-likeness (QED) is 0.725. The van der Waals surface area contributed by atoms with Gasteiger partial charge in [-0.05, 0) is 31.4 Å². The zero-order valence-electron chi connectivity index (χ0n) is 18.2. The van der Waals surface area contributed by atoms with Gasteiger partial charge in [-0.2, -0.15) is 13.2 Å². The van der Waals surface area contributed by atoms with E-state index in [0.717, 1.165) is 44.5 Å². The second-order valence-corrected chi connectivity index (χ2v) is 8.61. The first-order valence-electron chi connectivity index (χ1n) is 11.0. The lowest BCUT2D eigenvalue weighted by atomic mass is 9.76. The van der Waals surface area contributed by atoms with Gasteiger partial charge in [-0.3, -0.25) is 14.6 Å². The van der Waals surface area contributed by atoms with E-state index in [2.05, 4.69) is 4.98 Å². The van der Waals surface area contributed by atoms with Gasteiger partial charge in [0, 0.05) is 49.4 Å². The summed E-state index contributed by atoms with van der Waals surface area (Å²) in [4.78, 5) is 42.9. The van der Waals surface area contributed by atoms with E-state index in [1.165, 1.54) is 0 Å². The van der Waals surface area contributed by atoms with Crippen LogP contribution in [0.5, 0.6) is 0 Å². The molecule has 8 nitrogen and oxygen atoms in total. The predicted molar refractivity (Wildman–Crippen MR) is 110 cm³/mol. The maximum absolute atomic E-state index is 13.1. The third kappa shape index (κ3) is 6.21. The maximum atomic E-state index is 13.1. The molecule has 33 heavy (non-hydrogen) atoms. The topological polar surface area (TPSA) is 100 Å². The Morgan fingerprint density at radius 2 is 1.82 bits per heavy atom. The molecular weight excluding hydrogens is 443 g/mol. The van der Waals surface area contributed by atoms with Gasteiger partial charge in [0.15, 0.2) is 0 Å². The molecule has 1 spiro atoms. The number of aromatic nitrogens is 1. The highest BCUT2D eigenvalue weighted by molar-refractivity contribution is 5.81. The number of amides is 2. The number of carbonyl (C=O) groups is 3. The molecule has 182 valence electrons. The van der Waals surface area contributed by atoms with Gasteiger partial charge in [0.25, 0.3) is 0 Å². The summed E-state index contributed by atoms with van der Waals surface area (Å²) in [5, 5.41) is 7.12. The number of rotatable bonds is 3. The number of pyridine rings is 1. The van der Waals surface area contributed by atoms with E-state index in [9.17, 15) is 22.8 Å². The van der Waals surface area contributed by atoms with Crippen LogP contribution in [0.15, 0.2) is 24.4 Å². The summed E-state index contributed by atoms with van der Waals surface area (Å²) in [5.74, 6) is -2.28. The van der Waals surface area contributed by atoms with E-state index in [-0.39, 0.29) is 23.1 Å². The second kappa shape index (κ2) is 10.5. The fourth-order valence-corrected chi connectivity index (χ4v) is 4.89. The summed E-state index contributed by atoms with van der Waals surface area (Å²) in [7, 11) is 0. The Morgan fingerprint density at radius 3 is 2.42 bits per heavy atom. The molecule has 2 atom stereocenters. The normalized spacial score (nSPS) is 25.0. The monoisotopic (exact) mass is 471 g/mol. The van der Waals surface area contributed by atoms with Crippen LogP contribution < -0.4 is 0 Å². The van der Waals surface area contributed by atoms with Crippen molar-refractivity contribution in [3.8, 4) is 0 Å². The number of aliphatic carboxylic acids is 1. The Balaban J connectivity index is 0.000000383. The minimum atomic E-state index is -5.08. The molecular formula is C22H28F3N3O5. The molecule has 1 aliphatic carbocycles. The number of ether oxygens (including phenoxy) is 1. The van der Waals surface area contributed by atoms with Crippen LogP contribution in [0.4, 0.5) is 13.2 Å². The van der Waals surface area contributed by atoms with Crippen LogP contribution in [-0.2, 0) is 25.5 Å². The molecule has 2 saturated heterocycles. The summed E-state index contributed by atoms with van der Waals surface area (Å²) in [6, 6.07) is 5.67. The number of likely N-dealkylation sites (tertiary alicyclic amines) is 1. The van der Waals surface area contributed by atoms with Gasteiger partial charge in [-0.25, -0.2) is 4.79 Å². The number of hydrogen-bond acceptors (Lipinski definition) is 5. The van der Waals surface area contributed by atoms with Crippen LogP contribution in [-0.4, -0.2) is 83.2 Å². The largest absolute Gasteiger partial charge is 0.490 e. The molecule has 2 amide bonds. The van der Waals surface area contributed by atoms with Crippen molar-refractivity contribution in [2.75, 3.05) is 39.4 Å². The lowest BCUT2D eigenvalue weighted by molar-refractivity contribution is -0.192. The Bertz CT molecular complexity index is 845. The van der Waals surface area contributed by atoms with Crippen molar-refractivity contribution < 1.29 is 37.4 Å². The zero-order valence-corrected chi connectivity index (χ0v) is 18.2. The average molecular weight is 471 g/mol. The minimum absolute atomic E-state index is 0.0187. The van der Waals surface area contributed by atoms with Crippen molar-refractivity contribution in [2.24, 2.45) is 11.3 Å². The van der Waals surface area contributed by atoms with Gasteiger partial charge in [-0.15, -0.1) is 0 Å². The molecule has 2 unspecified atom stereocenters. The molecule has 1 N–H and O–H groups in total. The van der Waals surface area contributed by atoms with Crippen molar-refractivity contribution in [1.82, 2.24) is 14.8 Å². The van der Waals surface area contributed by atoms with Gasteiger partial charge >= 0.3 is 12.1 Å². The smallest absolute Gasteiger partial charge is 0.475 e. The SMILES string of the molecule is O=C(Cc1ccccn1)N1CCC2(CCCC2C(=O)N2CCOCC2)C1.O=C(O)C(F)(F)F. The summed E-state index contributed by atoms with van der Waals surface area (Å²) >= 11 is 0. The fraction of sp³-hybridized carbons (Fsp3) is 0.636. The van der Waals surface area contributed by atoms with Crippen molar-refractivity contribution in [3.63, 3.8) is 0 Å². The Kier molecular flexibility index (Phi) is 7.93. The molecule has 1 aromatic heterocycles. The molecule has 0 bridgehead atoms. The van der Waals surface area contributed by atoms with Gasteiger partial charge in [0.2, 0.25) is 11.8 Å². The Morgan fingerprint density at radius 1 is 1.12 bits per heavy atom. The zero-order chi connectivity index (χ0) is 24.1. The van der Waals surface area contributed by atoms with Gasteiger partial charge in [0.1, 0.15) is 0 Å². The molecule has 1 saturated carbocycles. The summed E-state index contributed by atoms with van der Waals surface area (Å²) < 4.78 is 37.1. The van der Waals surface area contributed by atoms with E-state index < -0.39 is 12.1 Å². The molecule has 2 aliphatic heterocycles. The van der Waals surface area contributed by atoms with E-state index in [0.29, 0.717) is 32.7 Å². The lowest BCUT2D eigenvalue weighted by Crippen LogP contribution is -2.47. The number of carboxylic acids is 1. The van der Waals surface area contributed by atoms with Crippen molar-refractivity contribution in [2.45, 2.75) is 38.3 Å². The summed E-state index contributed by atoms with van der Waals surface area (Å²) in [5.41, 5.74) is 0.792. The molecule has 1 aromatic rings. The predicted octanol–water partition coefficient (Wildman–Crippen LogP) is 2.13. The first kappa shape index (κ1) is 24.9. The number of carbonyl (C=O) groups excluding carboxylic acids is 2. The third-order valence-electron chi connectivity index (χ3n) is 6.57. The third-order valence-corrected chi connectivity index (χ3v) is 6.57. The molecule has 0 aromatic carbocycles. The standard InChI is InChI=1S/C20H27N3O3.C2HF3O2/c24-18(14-16-4-1-2-8-21-16)23-9-7-20(15-23)6-3-5-17(20)19(25)22-10-12-26-13-11-22;3-2(4,5)1(6)7/h1-2,4,8,17H,3,5-7,9-15H2;(H,6,7). The number of nitrogens with zero attached hydrogens (tertiary/aromatic N) is 3. The number of halogens is 3. The Hall–Kier alpha value is -2.69. The first-order chi connectivity index (χ1) is 15.6. The number of hydrogen-bond donors (Lipinski definition) is 1. The first-order valence-corrected chi connectivity index (χ1v) is 11.0. The maximum Gasteiger partial charge on any atom is 0.490 e. The van der Waals surface area contributed by atoms with E-state index >= 15 is 0 Å². The molecule has 11 heteroatoms. The lowest BCUT2D eigenvalue weighted by Gasteiger charge is -2.36. The molecule has 3 aliphatic rings. The average Bonchev–Trinajstić information content (AvgIpc) is 3.41. The number of morpholine rings is 1. The number of alkyl halides is 3. The molecule has 0 radical (unpaired) electrons. The molecule has 3 fully saturated rings. The molecule has 3 heterocycles. The van der Waals surface area contributed by atoms with Crippen LogP contribution in [0.25, 0.3) is 0 Å². The fourth-order valence-electron chi connectivity index (χ4n) is 4.89. The van der Waals surface area contributed by atoms with Crippen molar-refractivity contribution in [1.29, 1.82) is 0 Å². The van der Waals surface area contributed by atoms with E-state index in [1.807, 2.05) is 28.0 Å². The highest BCUT2D eigenvalue weighted by Crippen LogP contribution is 2.50. The Labute approximate surface area is 189 Å². The summed E-state index contributed by atoms with van der Waals surface area (Å²) in [6.07, 6.45) is 1.03. The summed E-state index contributed by atoms with van der Waals surface area (Å²) in [6.45, 7) is 4.17. The van der Waals surface area contributed by atoms with Crippen LogP contribution in [0.2, 0.25) is 0 Å². The van der Waals surface area contributed by atoms with E-state index in [1.54, 1.807) is 6.20 Å². The van der Waals surface area contributed by atoms with E-state index in [4.69, 9.17) is 14.6 Å². The highest BCUT2D eigenvalue weighted by Gasteiger charge is 2.52.